The van der Waals surface area contributed by atoms with E-state index in [1.807, 2.05) is 60.7 Å². The summed E-state index contributed by atoms with van der Waals surface area (Å²) in [6.45, 7) is 5.34. The lowest BCUT2D eigenvalue weighted by molar-refractivity contribution is -0.123. The molecule has 0 saturated carbocycles. The SMILES string of the molecule is CC(C)(C)OC(=O)N1C[C@@H](NC(=O)[C@H](Cc2ccccc2)NC(=O)OCc2ccccc2)C[C@H]1CO. The van der Waals surface area contributed by atoms with Crippen LogP contribution in [0, 0.1) is 0 Å². The lowest BCUT2D eigenvalue weighted by Crippen LogP contribution is -2.51. The first-order chi connectivity index (χ1) is 17.1. The van der Waals surface area contributed by atoms with E-state index < -0.39 is 41.8 Å². The second-order valence-corrected chi connectivity index (χ2v) is 9.86. The summed E-state index contributed by atoms with van der Waals surface area (Å²) in [6.07, 6.45) is -0.608. The molecule has 0 spiro atoms. The minimum atomic E-state index is -0.890. The first kappa shape index (κ1) is 27.0. The molecule has 9 nitrogen and oxygen atoms in total. The molecule has 3 amide bonds. The van der Waals surface area contributed by atoms with E-state index in [1.54, 1.807) is 20.8 Å². The Hall–Kier alpha value is -3.59. The van der Waals surface area contributed by atoms with Gasteiger partial charge in [-0.05, 0) is 38.3 Å². The number of likely N-dealkylation sites (tertiary alicyclic amines) is 1. The Morgan fingerprint density at radius 3 is 2.22 bits per heavy atom. The first-order valence-corrected chi connectivity index (χ1v) is 12.1. The Balaban J connectivity index is 1.64. The second kappa shape index (κ2) is 12.4. The van der Waals surface area contributed by atoms with Gasteiger partial charge in [0, 0.05) is 19.0 Å². The number of amides is 3. The maximum absolute atomic E-state index is 13.2. The van der Waals surface area contributed by atoms with Crippen LogP contribution in [-0.2, 0) is 27.3 Å². The molecule has 194 valence electrons. The lowest BCUT2D eigenvalue weighted by Gasteiger charge is -2.27. The van der Waals surface area contributed by atoms with Gasteiger partial charge < -0.3 is 30.1 Å². The fraction of sp³-hybridized carbons (Fsp3) is 0.444. The van der Waals surface area contributed by atoms with E-state index in [9.17, 15) is 19.5 Å². The minimum absolute atomic E-state index is 0.0814. The van der Waals surface area contributed by atoms with Crippen molar-refractivity contribution in [1.82, 2.24) is 15.5 Å². The Labute approximate surface area is 211 Å². The number of carbonyl (C=O) groups excluding carboxylic acids is 3. The third-order valence-electron chi connectivity index (χ3n) is 5.70. The fourth-order valence-electron chi connectivity index (χ4n) is 4.01. The van der Waals surface area contributed by atoms with Gasteiger partial charge in [0.1, 0.15) is 18.2 Å². The first-order valence-electron chi connectivity index (χ1n) is 12.1. The molecule has 1 fully saturated rings. The quantitative estimate of drug-likeness (QED) is 0.516. The predicted octanol–water partition coefficient (Wildman–Crippen LogP) is 3.01. The number of carbonyl (C=O) groups is 3. The fourth-order valence-corrected chi connectivity index (χ4v) is 4.01. The third-order valence-corrected chi connectivity index (χ3v) is 5.70. The van der Waals surface area contributed by atoms with Crippen LogP contribution in [0.3, 0.4) is 0 Å². The Morgan fingerprint density at radius 1 is 1.03 bits per heavy atom. The van der Waals surface area contributed by atoms with Gasteiger partial charge in [0.25, 0.3) is 0 Å². The summed E-state index contributed by atoms with van der Waals surface area (Å²) in [4.78, 5) is 39.8. The van der Waals surface area contributed by atoms with Crippen LogP contribution in [0.2, 0.25) is 0 Å². The van der Waals surface area contributed by atoms with Crippen molar-refractivity contribution in [2.45, 2.75) is 63.9 Å². The number of rotatable bonds is 8. The van der Waals surface area contributed by atoms with E-state index in [-0.39, 0.29) is 26.2 Å². The molecule has 9 heteroatoms. The predicted molar refractivity (Wildman–Crippen MR) is 134 cm³/mol. The molecular weight excluding hydrogens is 462 g/mol. The van der Waals surface area contributed by atoms with Crippen LogP contribution in [0.5, 0.6) is 0 Å². The molecule has 2 aromatic rings. The van der Waals surface area contributed by atoms with Gasteiger partial charge in [0.2, 0.25) is 5.91 Å². The summed E-state index contributed by atoms with van der Waals surface area (Å²) >= 11 is 0. The molecule has 36 heavy (non-hydrogen) atoms. The summed E-state index contributed by atoms with van der Waals surface area (Å²) in [7, 11) is 0. The Morgan fingerprint density at radius 2 is 1.64 bits per heavy atom. The summed E-state index contributed by atoms with van der Waals surface area (Å²) < 4.78 is 10.8. The van der Waals surface area contributed by atoms with Crippen LogP contribution < -0.4 is 10.6 Å². The lowest BCUT2D eigenvalue weighted by atomic mass is 10.0. The molecule has 1 aliphatic rings. The number of nitrogens with one attached hydrogen (secondary N) is 2. The number of hydrogen-bond acceptors (Lipinski definition) is 6. The van der Waals surface area contributed by atoms with Gasteiger partial charge in [-0.15, -0.1) is 0 Å². The van der Waals surface area contributed by atoms with E-state index in [1.165, 1.54) is 4.90 Å². The average molecular weight is 498 g/mol. The number of hydrogen-bond donors (Lipinski definition) is 3. The average Bonchev–Trinajstić information content (AvgIpc) is 3.25. The van der Waals surface area contributed by atoms with Crippen molar-refractivity contribution < 1.29 is 29.0 Å². The zero-order valence-electron chi connectivity index (χ0n) is 21.0. The van der Waals surface area contributed by atoms with Crippen LogP contribution in [0.15, 0.2) is 60.7 Å². The van der Waals surface area contributed by atoms with E-state index in [0.717, 1.165) is 11.1 Å². The molecule has 0 aliphatic carbocycles. The molecule has 0 aromatic heterocycles. The van der Waals surface area contributed by atoms with E-state index in [4.69, 9.17) is 9.47 Å². The van der Waals surface area contributed by atoms with E-state index in [0.29, 0.717) is 6.42 Å². The zero-order chi connectivity index (χ0) is 26.1. The van der Waals surface area contributed by atoms with Crippen molar-refractivity contribution in [2.75, 3.05) is 13.2 Å². The molecule has 1 saturated heterocycles. The van der Waals surface area contributed by atoms with Crippen LogP contribution in [0.4, 0.5) is 9.59 Å². The largest absolute Gasteiger partial charge is 0.445 e. The molecule has 0 unspecified atom stereocenters. The molecule has 3 atom stereocenters. The molecule has 3 rings (SSSR count). The van der Waals surface area contributed by atoms with Gasteiger partial charge in [-0.2, -0.15) is 0 Å². The van der Waals surface area contributed by atoms with E-state index in [2.05, 4.69) is 10.6 Å². The van der Waals surface area contributed by atoms with Gasteiger partial charge in [-0.3, -0.25) is 4.79 Å². The van der Waals surface area contributed by atoms with Crippen LogP contribution in [-0.4, -0.2) is 65.0 Å². The normalized spacial score (nSPS) is 18.3. The van der Waals surface area contributed by atoms with Crippen LogP contribution >= 0.6 is 0 Å². The highest BCUT2D eigenvalue weighted by Gasteiger charge is 2.38. The summed E-state index contributed by atoms with van der Waals surface area (Å²) in [5, 5.41) is 15.4. The minimum Gasteiger partial charge on any atom is -0.445 e. The summed E-state index contributed by atoms with van der Waals surface area (Å²) in [5.41, 5.74) is 1.03. The summed E-state index contributed by atoms with van der Waals surface area (Å²) in [6, 6.07) is 16.8. The number of nitrogens with zero attached hydrogens (tertiary/aromatic N) is 1. The summed E-state index contributed by atoms with van der Waals surface area (Å²) in [5.74, 6) is -0.400. The van der Waals surface area contributed by atoms with Gasteiger partial charge in [-0.25, -0.2) is 9.59 Å². The van der Waals surface area contributed by atoms with E-state index >= 15 is 0 Å². The van der Waals surface area contributed by atoms with Crippen molar-refractivity contribution >= 4 is 18.1 Å². The standard InChI is InChI=1S/C27H35N3O6/c1-27(2,3)36-26(34)30-16-21(15-22(30)17-31)28-24(32)23(14-19-10-6-4-7-11-19)29-25(33)35-18-20-12-8-5-9-13-20/h4-13,21-23,31H,14-18H2,1-3H3,(H,28,32)(H,29,33)/t21-,22-,23-/m0/s1. The van der Waals surface area contributed by atoms with Crippen LogP contribution in [0.25, 0.3) is 0 Å². The molecule has 3 N–H and O–H groups in total. The molecule has 0 radical (unpaired) electrons. The second-order valence-electron chi connectivity index (χ2n) is 9.86. The highest BCUT2D eigenvalue weighted by molar-refractivity contribution is 5.86. The third kappa shape index (κ3) is 8.27. The Bertz CT molecular complexity index is 1010. The molecule has 2 aromatic carbocycles. The zero-order valence-corrected chi connectivity index (χ0v) is 21.0. The smallest absolute Gasteiger partial charge is 0.410 e. The molecular formula is C27H35N3O6. The van der Waals surface area contributed by atoms with Crippen molar-refractivity contribution in [3.63, 3.8) is 0 Å². The number of alkyl carbamates (subject to hydrolysis) is 1. The molecule has 1 aliphatic heterocycles. The van der Waals surface area contributed by atoms with Crippen molar-refractivity contribution in [3.05, 3.63) is 71.8 Å². The highest BCUT2D eigenvalue weighted by atomic mass is 16.6. The monoisotopic (exact) mass is 497 g/mol. The number of aliphatic hydroxyl groups excluding tert-OH is 1. The Kier molecular flexibility index (Phi) is 9.30. The molecule has 1 heterocycles. The number of ether oxygens (including phenoxy) is 2. The number of aliphatic hydroxyl groups is 1. The maximum Gasteiger partial charge on any atom is 0.410 e. The van der Waals surface area contributed by atoms with Crippen molar-refractivity contribution in [3.8, 4) is 0 Å². The topological polar surface area (TPSA) is 117 Å². The van der Waals surface area contributed by atoms with Crippen molar-refractivity contribution in [1.29, 1.82) is 0 Å². The van der Waals surface area contributed by atoms with Gasteiger partial charge in [0.05, 0.1) is 12.6 Å². The van der Waals surface area contributed by atoms with Gasteiger partial charge in [-0.1, -0.05) is 60.7 Å². The number of benzene rings is 2. The van der Waals surface area contributed by atoms with Gasteiger partial charge in [0.15, 0.2) is 0 Å². The van der Waals surface area contributed by atoms with Crippen LogP contribution in [0.1, 0.15) is 38.3 Å². The molecule has 0 bridgehead atoms. The van der Waals surface area contributed by atoms with Gasteiger partial charge >= 0.3 is 12.2 Å². The maximum atomic E-state index is 13.2. The van der Waals surface area contributed by atoms with Crippen molar-refractivity contribution in [2.24, 2.45) is 0 Å². The highest BCUT2D eigenvalue weighted by Crippen LogP contribution is 2.21.